The molecule has 1 amide bonds. The van der Waals surface area contributed by atoms with Gasteiger partial charge in [0, 0.05) is 6.07 Å². The number of rotatable bonds is 3. The van der Waals surface area contributed by atoms with E-state index in [1.807, 2.05) is 37.3 Å². The number of amides is 1. The first-order valence-electron chi connectivity index (χ1n) is 6.03. The van der Waals surface area contributed by atoms with Gasteiger partial charge in [0.25, 0.3) is 0 Å². The molecule has 0 unspecified atom stereocenters. The van der Waals surface area contributed by atoms with Crippen LogP contribution in [-0.4, -0.2) is 11.2 Å². The van der Waals surface area contributed by atoms with Crippen molar-refractivity contribution >= 4 is 27.7 Å². The van der Waals surface area contributed by atoms with Crippen LogP contribution in [0.2, 0.25) is 0 Å². The number of anilines is 1. The number of aryl methyl sites for hydroxylation is 1. The van der Waals surface area contributed by atoms with E-state index >= 15 is 0 Å². The maximum atomic E-state index is 11.7. The molecule has 0 aliphatic carbocycles. The van der Waals surface area contributed by atoms with E-state index in [2.05, 4.69) is 21.2 Å². The van der Waals surface area contributed by atoms with Crippen molar-refractivity contribution in [1.82, 2.24) is 0 Å². The topological polar surface area (TPSA) is 58.6 Å². The van der Waals surface area contributed by atoms with Crippen LogP contribution in [0, 0.1) is 6.92 Å². The molecule has 2 aromatic rings. The maximum Gasteiger partial charge on any atom is 0.411 e. The third-order valence-electron chi connectivity index (χ3n) is 2.74. The molecule has 2 aromatic carbocycles. The van der Waals surface area contributed by atoms with Crippen molar-refractivity contribution in [3.63, 3.8) is 0 Å². The van der Waals surface area contributed by atoms with Crippen molar-refractivity contribution in [1.29, 1.82) is 0 Å². The Morgan fingerprint density at radius 1 is 1.30 bits per heavy atom. The molecule has 0 aromatic heterocycles. The van der Waals surface area contributed by atoms with E-state index in [-0.39, 0.29) is 12.4 Å². The first-order valence-corrected chi connectivity index (χ1v) is 6.82. The average Bonchev–Trinajstić information content (AvgIpc) is 2.44. The molecule has 0 spiro atoms. The minimum Gasteiger partial charge on any atom is -0.507 e. The smallest absolute Gasteiger partial charge is 0.411 e. The zero-order valence-electron chi connectivity index (χ0n) is 10.9. The van der Waals surface area contributed by atoms with Crippen LogP contribution in [0.4, 0.5) is 10.5 Å². The number of aromatic hydroxyl groups is 1. The van der Waals surface area contributed by atoms with Gasteiger partial charge in [-0.3, -0.25) is 5.32 Å². The molecule has 20 heavy (non-hydrogen) atoms. The molecule has 2 N–H and O–H groups in total. The highest BCUT2D eigenvalue weighted by Crippen LogP contribution is 2.30. The number of carbonyl (C=O) groups is 1. The van der Waals surface area contributed by atoms with Gasteiger partial charge in [-0.15, -0.1) is 0 Å². The van der Waals surface area contributed by atoms with Crippen molar-refractivity contribution in [2.45, 2.75) is 13.5 Å². The molecule has 0 saturated heterocycles. The number of carbonyl (C=O) groups excluding carboxylic acids is 1. The highest BCUT2D eigenvalue weighted by molar-refractivity contribution is 9.10. The molecule has 4 nitrogen and oxygen atoms in total. The Kier molecular flexibility index (Phi) is 4.63. The van der Waals surface area contributed by atoms with E-state index in [0.717, 1.165) is 11.1 Å². The molecular weight excluding hydrogens is 322 g/mol. The Bertz CT molecular complexity index is 614. The third kappa shape index (κ3) is 3.74. The number of hydrogen-bond donors (Lipinski definition) is 2. The van der Waals surface area contributed by atoms with E-state index in [1.54, 1.807) is 6.07 Å². The summed E-state index contributed by atoms with van der Waals surface area (Å²) in [6, 6.07) is 12.6. The Labute approximate surface area is 125 Å². The van der Waals surface area contributed by atoms with Crippen LogP contribution < -0.4 is 5.32 Å². The highest BCUT2D eigenvalue weighted by atomic mass is 79.9. The lowest BCUT2D eigenvalue weighted by atomic mass is 10.2. The summed E-state index contributed by atoms with van der Waals surface area (Å²) in [5.41, 5.74) is 2.26. The summed E-state index contributed by atoms with van der Waals surface area (Å²) >= 11 is 3.21. The van der Waals surface area contributed by atoms with Crippen LogP contribution in [0.5, 0.6) is 5.75 Å². The van der Waals surface area contributed by atoms with Gasteiger partial charge in [0.2, 0.25) is 0 Å². The predicted molar refractivity (Wildman–Crippen MR) is 80.8 cm³/mol. The fourth-order valence-electron chi connectivity index (χ4n) is 1.67. The normalized spacial score (nSPS) is 10.1. The van der Waals surface area contributed by atoms with Gasteiger partial charge in [-0.05, 0) is 40.0 Å². The molecule has 0 aliphatic heterocycles. The van der Waals surface area contributed by atoms with Crippen molar-refractivity contribution in [2.75, 3.05) is 5.32 Å². The van der Waals surface area contributed by atoms with E-state index in [0.29, 0.717) is 10.2 Å². The molecular formula is C15H14BrNO3. The molecule has 0 saturated carbocycles. The Morgan fingerprint density at radius 2 is 2.00 bits per heavy atom. The van der Waals surface area contributed by atoms with E-state index in [4.69, 9.17) is 4.74 Å². The number of halogens is 1. The van der Waals surface area contributed by atoms with Gasteiger partial charge in [0.05, 0.1) is 10.2 Å². The second kappa shape index (κ2) is 6.43. The fourth-order valence-corrected chi connectivity index (χ4v) is 2.12. The lowest BCUT2D eigenvalue weighted by Crippen LogP contribution is -2.14. The van der Waals surface area contributed by atoms with Gasteiger partial charge in [0.1, 0.15) is 12.4 Å². The van der Waals surface area contributed by atoms with E-state index in [9.17, 15) is 9.90 Å². The molecule has 0 heterocycles. The molecule has 0 radical (unpaired) electrons. The summed E-state index contributed by atoms with van der Waals surface area (Å²) in [6.45, 7) is 2.03. The zero-order valence-corrected chi connectivity index (χ0v) is 12.5. The van der Waals surface area contributed by atoms with Crippen molar-refractivity contribution in [3.8, 4) is 5.75 Å². The second-order valence-corrected chi connectivity index (χ2v) is 5.16. The van der Waals surface area contributed by atoms with Crippen LogP contribution in [0.25, 0.3) is 0 Å². The number of phenolic OH excluding ortho intramolecular Hbond substituents is 1. The number of hydrogen-bond acceptors (Lipinski definition) is 3. The summed E-state index contributed by atoms with van der Waals surface area (Å²) in [7, 11) is 0. The minimum atomic E-state index is -0.557. The zero-order chi connectivity index (χ0) is 14.5. The summed E-state index contributed by atoms with van der Waals surface area (Å²) in [5.74, 6) is 0.0639. The minimum absolute atomic E-state index is 0.0639. The second-order valence-electron chi connectivity index (χ2n) is 4.31. The largest absolute Gasteiger partial charge is 0.507 e. The van der Waals surface area contributed by atoms with Gasteiger partial charge in [-0.1, -0.05) is 30.3 Å². The number of ether oxygens (including phenoxy) is 1. The van der Waals surface area contributed by atoms with Crippen molar-refractivity contribution in [3.05, 3.63) is 58.1 Å². The van der Waals surface area contributed by atoms with Crippen LogP contribution >= 0.6 is 15.9 Å². The Balaban J connectivity index is 1.97. The Morgan fingerprint density at radius 3 is 2.70 bits per heavy atom. The number of phenols is 1. The molecule has 0 atom stereocenters. The maximum absolute atomic E-state index is 11.7. The van der Waals surface area contributed by atoms with Crippen molar-refractivity contribution < 1.29 is 14.6 Å². The van der Waals surface area contributed by atoms with Gasteiger partial charge < -0.3 is 9.84 Å². The van der Waals surface area contributed by atoms with Gasteiger partial charge in [-0.25, -0.2) is 4.79 Å². The number of benzene rings is 2. The first kappa shape index (κ1) is 14.4. The molecule has 5 heteroatoms. The standard InChI is InChI=1S/C15H14BrNO3/c1-10-7-12(16)14(18)8-13(10)17-15(19)20-9-11-5-3-2-4-6-11/h2-8,18H,9H2,1H3,(H,17,19). The molecule has 0 bridgehead atoms. The van der Waals surface area contributed by atoms with E-state index in [1.165, 1.54) is 6.07 Å². The molecule has 0 fully saturated rings. The average molecular weight is 336 g/mol. The molecule has 104 valence electrons. The van der Waals surface area contributed by atoms with Crippen LogP contribution in [0.1, 0.15) is 11.1 Å². The quantitative estimate of drug-likeness (QED) is 0.883. The summed E-state index contributed by atoms with van der Waals surface area (Å²) in [5, 5.41) is 12.2. The SMILES string of the molecule is Cc1cc(Br)c(O)cc1NC(=O)OCc1ccccc1. The van der Waals surface area contributed by atoms with Crippen LogP contribution in [0.3, 0.4) is 0 Å². The monoisotopic (exact) mass is 335 g/mol. The van der Waals surface area contributed by atoms with Gasteiger partial charge in [-0.2, -0.15) is 0 Å². The first-order chi connectivity index (χ1) is 9.56. The van der Waals surface area contributed by atoms with E-state index < -0.39 is 6.09 Å². The summed E-state index contributed by atoms with van der Waals surface area (Å²) in [4.78, 5) is 11.7. The Hall–Kier alpha value is -2.01. The highest BCUT2D eigenvalue weighted by Gasteiger charge is 2.09. The lowest BCUT2D eigenvalue weighted by Gasteiger charge is -2.10. The van der Waals surface area contributed by atoms with Gasteiger partial charge in [0.15, 0.2) is 0 Å². The summed E-state index contributed by atoms with van der Waals surface area (Å²) in [6.07, 6.45) is -0.557. The molecule has 0 aliphatic rings. The van der Waals surface area contributed by atoms with Crippen molar-refractivity contribution in [2.24, 2.45) is 0 Å². The predicted octanol–water partition coefficient (Wildman–Crippen LogP) is 4.21. The third-order valence-corrected chi connectivity index (χ3v) is 3.38. The van der Waals surface area contributed by atoms with Crippen LogP contribution in [0.15, 0.2) is 46.9 Å². The van der Waals surface area contributed by atoms with Crippen LogP contribution in [-0.2, 0) is 11.3 Å². The molecule has 2 rings (SSSR count). The number of nitrogens with one attached hydrogen (secondary N) is 1. The summed E-state index contributed by atoms with van der Waals surface area (Å²) < 4.78 is 5.70. The van der Waals surface area contributed by atoms with Gasteiger partial charge >= 0.3 is 6.09 Å². The lowest BCUT2D eigenvalue weighted by molar-refractivity contribution is 0.155. The fraction of sp³-hybridized carbons (Fsp3) is 0.133.